The van der Waals surface area contributed by atoms with Gasteiger partial charge in [0, 0.05) is 6.54 Å². The van der Waals surface area contributed by atoms with Crippen LogP contribution in [0.4, 0.5) is 4.39 Å². The Morgan fingerprint density at radius 3 is 3.00 bits per heavy atom. The molecule has 1 saturated heterocycles. The lowest BCUT2D eigenvalue weighted by molar-refractivity contribution is -0.134. The lowest BCUT2D eigenvalue weighted by Gasteiger charge is -2.27. The van der Waals surface area contributed by atoms with E-state index in [1.807, 2.05) is 0 Å². The number of nitrogens with one attached hydrogen (secondary N) is 1. The number of hydrogen-bond donors (Lipinski definition) is 2. The van der Waals surface area contributed by atoms with Crippen LogP contribution in [0.2, 0.25) is 0 Å². The van der Waals surface area contributed by atoms with Gasteiger partial charge in [-0.3, -0.25) is 4.79 Å². The highest BCUT2D eigenvalue weighted by atomic mass is 19.1. The number of rotatable bonds is 4. The Hall–Kier alpha value is -1.46. The van der Waals surface area contributed by atoms with Gasteiger partial charge in [0.05, 0.1) is 6.10 Å². The predicted molar refractivity (Wildman–Crippen MR) is 65.3 cm³/mol. The second-order valence-corrected chi connectivity index (χ2v) is 4.44. The molecule has 18 heavy (non-hydrogen) atoms. The van der Waals surface area contributed by atoms with Crippen LogP contribution in [0.1, 0.15) is 24.5 Å². The molecule has 1 heterocycles. The summed E-state index contributed by atoms with van der Waals surface area (Å²) < 4.78 is 18.8. The lowest BCUT2D eigenvalue weighted by Crippen LogP contribution is -2.38. The molecule has 1 aliphatic rings. The van der Waals surface area contributed by atoms with Gasteiger partial charge >= 0.3 is 0 Å². The first-order valence-corrected chi connectivity index (χ1v) is 6.08. The topological polar surface area (TPSA) is 64.4 Å². The first-order chi connectivity index (χ1) is 8.66. The van der Waals surface area contributed by atoms with Crippen molar-refractivity contribution in [3.8, 4) is 0 Å². The van der Waals surface area contributed by atoms with Crippen molar-refractivity contribution in [2.45, 2.75) is 25.0 Å². The number of ether oxygens (including phenoxy) is 1. The Morgan fingerprint density at radius 2 is 2.39 bits per heavy atom. The second kappa shape index (κ2) is 5.93. The summed E-state index contributed by atoms with van der Waals surface area (Å²) in [6, 6.07) is 5.80. The van der Waals surface area contributed by atoms with Crippen molar-refractivity contribution >= 4 is 5.91 Å². The van der Waals surface area contributed by atoms with E-state index in [4.69, 9.17) is 10.5 Å². The van der Waals surface area contributed by atoms with Gasteiger partial charge in [-0.25, -0.2) is 4.39 Å². The summed E-state index contributed by atoms with van der Waals surface area (Å²) in [5.74, 6) is -0.990. The van der Waals surface area contributed by atoms with Crippen LogP contribution in [-0.2, 0) is 9.53 Å². The largest absolute Gasteiger partial charge is 0.367 e. The van der Waals surface area contributed by atoms with Crippen LogP contribution in [0.25, 0.3) is 0 Å². The molecule has 0 radical (unpaired) electrons. The predicted octanol–water partition coefficient (Wildman–Crippen LogP) is 1.12. The summed E-state index contributed by atoms with van der Waals surface area (Å²) in [5.41, 5.74) is 5.79. The summed E-state index contributed by atoms with van der Waals surface area (Å²) in [5, 5.41) is 3.19. The van der Waals surface area contributed by atoms with Crippen molar-refractivity contribution in [3.63, 3.8) is 0 Å². The Morgan fingerprint density at radius 1 is 1.56 bits per heavy atom. The molecule has 0 aliphatic carbocycles. The van der Waals surface area contributed by atoms with E-state index in [0.29, 0.717) is 12.1 Å². The molecular formula is C13H17FN2O2. The van der Waals surface area contributed by atoms with Crippen LogP contribution >= 0.6 is 0 Å². The van der Waals surface area contributed by atoms with E-state index in [1.54, 1.807) is 12.1 Å². The molecule has 0 unspecified atom stereocenters. The van der Waals surface area contributed by atoms with Gasteiger partial charge in [0.1, 0.15) is 5.82 Å². The molecule has 3 N–H and O–H groups in total. The molecule has 2 rings (SSSR count). The number of hydrogen-bond acceptors (Lipinski definition) is 3. The van der Waals surface area contributed by atoms with Crippen molar-refractivity contribution in [1.82, 2.24) is 5.32 Å². The van der Waals surface area contributed by atoms with Gasteiger partial charge in [0.2, 0.25) is 0 Å². The molecule has 98 valence electrons. The zero-order valence-electron chi connectivity index (χ0n) is 10.1. The maximum Gasteiger partial charge on any atom is 0.251 e. The second-order valence-electron chi connectivity index (χ2n) is 4.44. The number of amides is 1. The van der Waals surface area contributed by atoms with E-state index < -0.39 is 17.8 Å². The zero-order valence-corrected chi connectivity index (χ0v) is 10.1. The number of nitrogens with two attached hydrogens (primary N) is 1. The van der Waals surface area contributed by atoms with E-state index in [-0.39, 0.29) is 6.10 Å². The van der Waals surface area contributed by atoms with Gasteiger partial charge in [0.15, 0.2) is 6.10 Å². The van der Waals surface area contributed by atoms with Crippen LogP contribution in [0.15, 0.2) is 24.3 Å². The summed E-state index contributed by atoms with van der Waals surface area (Å²) in [7, 11) is 0. The monoisotopic (exact) mass is 252 g/mol. The average molecular weight is 252 g/mol. The Bertz CT molecular complexity index is 419. The van der Waals surface area contributed by atoms with Gasteiger partial charge < -0.3 is 15.8 Å². The quantitative estimate of drug-likeness (QED) is 0.844. The minimum absolute atomic E-state index is 0.0560. The molecule has 0 bridgehead atoms. The third kappa shape index (κ3) is 3.27. The highest BCUT2D eigenvalue weighted by molar-refractivity contribution is 5.80. The molecule has 4 nitrogen and oxygen atoms in total. The summed E-state index contributed by atoms with van der Waals surface area (Å²) >= 11 is 0. The summed E-state index contributed by atoms with van der Waals surface area (Å²) in [6.07, 6.45) is 0.941. The van der Waals surface area contributed by atoms with Crippen LogP contribution in [0, 0.1) is 5.82 Å². The van der Waals surface area contributed by atoms with E-state index >= 15 is 0 Å². The fourth-order valence-corrected chi connectivity index (χ4v) is 2.11. The number of piperidine rings is 1. The first kappa shape index (κ1) is 13.0. The molecule has 1 aromatic carbocycles. The molecule has 2 atom stereocenters. The summed E-state index contributed by atoms with van der Waals surface area (Å²) in [6.45, 7) is 1.65. The molecule has 0 spiro atoms. The number of carbonyl (C=O) groups excluding carboxylic acids is 1. The van der Waals surface area contributed by atoms with Gasteiger partial charge in [-0.15, -0.1) is 0 Å². The first-order valence-electron chi connectivity index (χ1n) is 6.08. The zero-order chi connectivity index (χ0) is 13.0. The maximum absolute atomic E-state index is 13.1. The normalized spacial score (nSPS) is 21.5. The van der Waals surface area contributed by atoms with Crippen LogP contribution in [0.3, 0.4) is 0 Å². The Kier molecular flexibility index (Phi) is 4.28. The Labute approximate surface area is 105 Å². The van der Waals surface area contributed by atoms with Crippen molar-refractivity contribution in [1.29, 1.82) is 0 Å². The van der Waals surface area contributed by atoms with E-state index in [0.717, 1.165) is 19.4 Å². The van der Waals surface area contributed by atoms with E-state index in [9.17, 15) is 9.18 Å². The van der Waals surface area contributed by atoms with E-state index in [1.165, 1.54) is 12.1 Å². The minimum Gasteiger partial charge on any atom is -0.367 e. The third-order valence-corrected chi connectivity index (χ3v) is 2.99. The van der Waals surface area contributed by atoms with Gasteiger partial charge in [-0.05, 0) is 37.1 Å². The van der Waals surface area contributed by atoms with Crippen LogP contribution < -0.4 is 11.1 Å². The minimum atomic E-state index is -0.884. The van der Waals surface area contributed by atoms with Crippen LogP contribution in [0.5, 0.6) is 0 Å². The summed E-state index contributed by atoms with van der Waals surface area (Å²) in [4.78, 5) is 11.4. The number of benzene rings is 1. The molecule has 1 fully saturated rings. The number of primary amides is 1. The van der Waals surface area contributed by atoms with Crippen molar-refractivity contribution in [2.24, 2.45) is 5.73 Å². The van der Waals surface area contributed by atoms with Gasteiger partial charge in [-0.1, -0.05) is 12.1 Å². The van der Waals surface area contributed by atoms with Crippen LogP contribution in [-0.4, -0.2) is 25.1 Å². The van der Waals surface area contributed by atoms with Gasteiger partial charge in [-0.2, -0.15) is 0 Å². The van der Waals surface area contributed by atoms with Crippen molar-refractivity contribution in [3.05, 3.63) is 35.6 Å². The highest BCUT2D eigenvalue weighted by Gasteiger charge is 2.24. The lowest BCUT2D eigenvalue weighted by atomic mass is 10.1. The van der Waals surface area contributed by atoms with Crippen molar-refractivity contribution < 1.29 is 13.9 Å². The fourth-order valence-electron chi connectivity index (χ4n) is 2.11. The SMILES string of the molecule is NC(=O)[C@@H](O[C@@H]1CCCNC1)c1cccc(F)c1. The number of carbonyl (C=O) groups is 1. The van der Waals surface area contributed by atoms with Crippen molar-refractivity contribution in [2.75, 3.05) is 13.1 Å². The van der Waals surface area contributed by atoms with Gasteiger partial charge in [0.25, 0.3) is 5.91 Å². The third-order valence-electron chi connectivity index (χ3n) is 2.99. The molecule has 0 saturated carbocycles. The molecular weight excluding hydrogens is 235 g/mol. The average Bonchev–Trinajstić information content (AvgIpc) is 2.37. The molecule has 0 aromatic heterocycles. The smallest absolute Gasteiger partial charge is 0.251 e. The molecule has 1 aliphatic heterocycles. The van der Waals surface area contributed by atoms with E-state index in [2.05, 4.69) is 5.32 Å². The molecule has 1 amide bonds. The standard InChI is InChI=1S/C13H17FN2O2/c14-10-4-1-3-9(7-10)12(13(15)17)18-11-5-2-6-16-8-11/h1,3-4,7,11-12,16H,2,5-6,8H2,(H2,15,17)/t11-,12+/m1/s1. The maximum atomic E-state index is 13.1. The highest BCUT2D eigenvalue weighted by Crippen LogP contribution is 2.22. The number of halogens is 1. The fraction of sp³-hybridized carbons (Fsp3) is 0.462. The Balaban J connectivity index is 2.10. The molecule has 1 aromatic rings. The molecule has 5 heteroatoms.